The molecule has 85 heavy (non-hydrogen) atoms. The number of carbonyl (C=O) groups excluding carboxylic acids is 2. The minimum absolute atomic E-state index is 0.00863. The topological polar surface area (TPSA) is 95.9 Å². The molecule has 0 heterocycles. The number of allylic oxidation sites excluding steroid dienone is 4. The summed E-state index contributed by atoms with van der Waals surface area (Å²) in [6.45, 7) is 4.93. The average Bonchev–Trinajstić information content (AvgIpc) is 3.51. The third-order valence-electron chi connectivity index (χ3n) is 18.5. The van der Waals surface area contributed by atoms with Crippen LogP contribution in [0.4, 0.5) is 0 Å². The lowest BCUT2D eigenvalue weighted by atomic mass is 10.0. The van der Waals surface area contributed by atoms with Gasteiger partial charge in [-0.05, 0) is 51.4 Å². The summed E-state index contributed by atoms with van der Waals surface area (Å²) < 4.78 is 5.48. The first-order valence-electron chi connectivity index (χ1n) is 39.1. The van der Waals surface area contributed by atoms with Crippen molar-refractivity contribution in [3.63, 3.8) is 0 Å². The van der Waals surface area contributed by atoms with E-state index < -0.39 is 12.1 Å². The van der Waals surface area contributed by atoms with Gasteiger partial charge in [-0.25, -0.2) is 0 Å². The summed E-state index contributed by atoms with van der Waals surface area (Å²) in [7, 11) is 0. The molecule has 0 aliphatic rings. The molecule has 0 saturated heterocycles. The molecular weight excluding hydrogens is 1040 g/mol. The highest BCUT2D eigenvalue weighted by Crippen LogP contribution is 2.20. The van der Waals surface area contributed by atoms with Crippen molar-refractivity contribution in [3.05, 3.63) is 24.3 Å². The number of amides is 1. The van der Waals surface area contributed by atoms with E-state index in [1.807, 2.05) is 0 Å². The first kappa shape index (κ1) is 83.3. The molecule has 0 aliphatic carbocycles. The van der Waals surface area contributed by atoms with Gasteiger partial charge in [-0.15, -0.1) is 0 Å². The van der Waals surface area contributed by atoms with Crippen molar-refractivity contribution in [1.82, 2.24) is 5.32 Å². The fourth-order valence-corrected chi connectivity index (χ4v) is 12.6. The highest BCUT2D eigenvalue weighted by molar-refractivity contribution is 5.76. The Balaban J connectivity index is 3.30. The molecule has 0 aliphatic heterocycles. The van der Waals surface area contributed by atoms with Gasteiger partial charge in [-0.1, -0.05) is 404 Å². The summed E-state index contributed by atoms with van der Waals surface area (Å²) in [6.07, 6.45) is 95.6. The number of ether oxygens (including phenoxy) is 1. The standard InChI is InChI=1S/C79H153NO5/c1-3-5-7-9-11-13-15-17-18-19-41-44-48-51-55-59-63-67-71-77(82)76(75-81)80-78(83)72-68-64-60-56-52-49-45-42-39-37-35-33-31-29-27-25-23-21-20-22-24-26-28-30-32-34-36-38-40-43-46-50-54-58-62-66-70-74-85-79(84)73-69-65-61-57-53-47-16-14-12-10-8-6-4-2/h8,10,14,16,76-77,81-82H,3-7,9,11-13,15,17-75H2,1-2H3,(H,80,83)/b10-8-,16-14-. The number of rotatable bonds is 74. The minimum atomic E-state index is -0.660. The van der Waals surface area contributed by atoms with Gasteiger partial charge in [0.05, 0.1) is 25.4 Å². The number of unbranched alkanes of at least 4 members (excludes halogenated alkanes) is 59. The van der Waals surface area contributed by atoms with Crippen LogP contribution < -0.4 is 5.32 Å². The smallest absolute Gasteiger partial charge is 0.305 e. The zero-order valence-corrected chi connectivity index (χ0v) is 57.9. The molecule has 3 N–H and O–H groups in total. The number of aliphatic hydroxyl groups excluding tert-OH is 2. The molecular formula is C79H153NO5. The number of carbonyl (C=O) groups is 2. The van der Waals surface area contributed by atoms with Gasteiger partial charge in [-0.2, -0.15) is 0 Å². The second-order valence-electron chi connectivity index (χ2n) is 27.0. The number of hydrogen-bond donors (Lipinski definition) is 3. The first-order valence-corrected chi connectivity index (χ1v) is 39.1. The maximum atomic E-state index is 12.5. The summed E-state index contributed by atoms with van der Waals surface area (Å²) >= 11 is 0. The molecule has 0 fully saturated rings. The number of hydrogen-bond acceptors (Lipinski definition) is 5. The Hall–Kier alpha value is -1.66. The summed E-state index contributed by atoms with van der Waals surface area (Å²) in [5.41, 5.74) is 0. The molecule has 0 aromatic heterocycles. The van der Waals surface area contributed by atoms with Crippen molar-refractivity contribution >= 4 is 11.9 Å². The van der Waals surface area contributed by atoms with Crippen LogP contribution in [0.2, 0.25) is 0 Å². The highest BCUT2D eigenvalue weighted by Gasteiger charge is 2.20. The van der Waals surface area contributed by atoms with Crippen LogP contribution in [0, 0.1) is 0 Å². The van der Waals surface area contributed by atoms with Gasteiger partial charge in [0.25, 0.3) is 0 Å². The molecule has 2 atom stereocenters. The van der Waals surface area contributed by atoms with E-state index >= 15 is 0 Å². The minimum Gasteiger partial charge on any atom is -0.466 e. The van der Waals surface area contributed by atoms with Crippen molar-refractivity contribution in [2.24, 2.45) is 0 Å². The van der Waals surface area contributed by atoms with Crippen molar-refractivity contribution < 1.29 is 24.5 Å². The molecule has 0 saturated carbocycles. The van der Waals surface area contributed by atoms with E-state index in [1.54, 1.807) is 0 Å². The van der Waals surface area contributed by atoms with E-state index in [4.69, 9.17) is 4.74 Å². The summed E-state index contributed by atoms with van der Waals surface area (Å²) in [5.74, 6) is -0.0160. The number of esters is 1. The summed E-state index contributed by atoms with van der Waals surface area (Å²) in [5, 5.41) is 23.4. The molecule has 0 bridgehead atoms. The second-order valence-corrected chi connectivity index (χ2v) is 27.0. The quantitative estimate of drug-likeness (QED) is 0.0320. The second kappa shape index (κ2) is 74.8. The number of aliphatic hydroxyl groups is 2. The lowest BCUT2D eigenvalue weighted by molar-refractivity contribution is -0.143. The molecule has 0 aromatic carbocycles. The van der Waals surface area contributed by atoms with E-state index in [2.05, 4.69) is 43.5 Å². The molecule has 2 unspecified atom stereocenters. The zero-order valence-electron chi connectivity index (χ0n) is 57.9. The molecule has 6 nitrogen and oxygen atoms in total. The first-order chi connectivity index (χ1) is 42.0. The van der Waals surface area contributed by atoms with Gasteiger partial charge >= 0.3 is 5.97 Å². The molecule has 504 valence electrons. The molecule has 0 rings (SSSR count). The van der Waals surface area contributed by atoms with E-state index in [1.165, 1.54) is 360 Å². The zero-order chi connectivity index (χ0) is 61.3. The van der Waals surface area contributed by atoms with Crippen LogP contribution in [0.3, 0.4) is 0 Å². The molecule has 0 radical (unpaired) electrons. The van der Waals surface area contributed by atoms with E-state index in [9.17, 15) is 19.8 Å². The van der Waals surface area contributed by atoms with Crippen LogP contribution in [0.1, 0.15) is 444 Å². The van der Waals surface area contributed by atoms with Crippen LogP contribution in [-0.4, -0.2) is 47.4 Å². The normalized spacial score (nSPS) is 12.6. The SMILES string of the molecule is CCC/C=C\C/C=C\CCCCCCCC(=O)OCCCCCCCCCCCCCCCCCCCCCCCCCCCCCCCCCCCCCCCC(=O)NC(CO)C(O)CCCCCCCCCCCCCCCCCCCC. The van der Waals surface area contributed by atoms with Crippen LogP contribution in [0.5, 0.6) is 0 Å². The van der Waals surface area contributed by atoms with E-state index in [0.717, 1.165) is 51.4 Å². The fraction of sp³-hybridized carbons (Fsp3) is 0.924. The Morgan fingerprint density at radius 3 is 0.941 bits per heavy atom. The Morgan fingerprint density at radius 1 is 0.329 bits per heavy atom. The summed E-state index contributed by atoms with van der Waals surface area (Å²) in [4.78, 5) is 24.6. The van der Waals surface area contributed by atoms with Gasteiger partial charge in [-0.3, -0.25) is 9.59 Å². The molecule has 1 amide bonds. The predicted octanol–water partition coefficient (Wildman–Crippen LogP) is 25.7. The Kier molecular flexibility index (Phi) is 73.3. The van der Waals surface area contributed by atoms with Crippen LogP contribution in [0.25, 0.3) is 0 Å². The van der Waals surface area contributed by atoms with Crippen molar-refractivity contribution in [2.45, 2.75) is 456 Å². The lowest BCUT2D eigenvalue weighted by Crippen LogP contribution is -2.45. The van der Waals surface area contributed by atoms with Crippen LogP contribution >= 0.6 is 0 Å². The lowest BCUT2D eigenvalue weighted by Gasteiger charge is -2.22. The molecule has 0 aromatic rings. The van der Waals surface area contributed by atoms with Gasteiger partial charge in [0.2, 0.25) is 5.91 Å². The largest absolute Gasteiger partial charge is 0.466 e. The van der Waals surface area contributed by atoms with Gasteiger partial charge in [0.1, 0.15) is 0 Å². The average molecular weight is 1200 g/mol. The Labute approximate surface area is 532 Å². The monoisotopic (exact) mass is 1200 g/mol. The predicted molar refractivity (Wildman–Crippen MR) is 375 cm³/mol. The van der Waals surface area contributed by atoms with Gasteiger partial charge in [0, 0.05) is 12.8 Å². The molecule has 0 spiro atoms. The maximum absolute atomic E-state index is 12.5. The highest BCUT2D eigenvalue weighted by atomic mass is 16.5. The van der Waals surface area contributed by atoms with Gasteiger partial charge in [0.15, 0.2) is 0 Å². The maximum Gasteiger partial charge on any atom is 0.305 e. The van der Waals surface area contributed by atoms with Crippen molar-refractivity contribution in [1.29, 1.82) is 0 Å². The van der Waals surface area contributed by atoms with Gasteiger partial charge < -0.3 is 20.3 Å². The van der Waals surface area contributed by atoms with E-state index in [0.29, 0.717) is 25.9 Å². The summed E-state index contributed by atoms with van der Waals surface area (Å²) in [6, 6.07) is -0.537. The molecule has 6 heteroatoms. The Bertz CT molecular complexity index is 1330. The van der Waals surface area contributed by atoms with Crippen LogP contribution in [0.15, 0.2) is 24.3 Å². The van der Waals surface area contributed by atoms with Crippen LogP contribution in [-0.2, 0) is 14.3 Å². The van der Waals surface area contributed by atoms with E-state index in [-0.39, 0.29) is 18.5 Å². The van der Waals surface area contributed by atoms with Crippen molar-refractivity contribution in [2.75, 3.05) is 13.2 Å². The third kappa shape index (κ3) is 71.3. The van der Waals surface area contributed by atoms with Crippen molar-refractivity contribution in [3.8, 4) is 0 Å². The Morgan fingerprint density at radius 2 is 0.612 bits per heavy atom. The number of nitrogens with one attached hydrogen (secondary N) is 1. The fourth-order valence-electron chi connectivity index (χ4n) is 12.6. The third-order valence-corrected chi connectivity index (χ3v) is 18.5.